The molecule has 0 bridgehead atoms. The smallest absolute Gasteiger partial charge is 0.228 e. The Bertz CT molecular complexity index is 720. The quantitative estimate of drug-likeness (QED) is 0.754. The van der Waals surface area contributed by atoms with Crippen molar-refractivity contribution in [1.29, 1.82) is 0 Å². The fraction of sp³-hybridized carbons (Fsp3) is 0.350. The van der Waals surface area contributed by atoms with Crippen LogP contribution in [0, 0.1) is 5.92 Å². The molecule has 1 aliphatic rings. The molecule has 2 aromatic carbocycles. The number of para-hydroxylation sites is 1. The molecule has 0 aromatic heterocycles. The highest BCUT2D eigenvalue weighted by atomic mass is 35.5. The largest absolute Gasteiger partial charge is 0.325 e. The van der Waals surface area contributed by atoms with Crippen LogP contribution in [-0.2, 0) is 10.5 Å². The normalized spacial score (nSPS) is 18.1. The minimum atomic E-state index is 0.0769. The average molecular weight is 375 g/mol. The molecule has 1 atom stereocenters. The molecule has 0 radical (unpaired) electrons. The topological polar surface area (TPSA) is 32.3 Å². The zero-order valence-electron chi connectivity index (χ0n) is 14.4. The van der Waals surface area contributed by atoms with Crippen molar-refractivity contribution in [3.05, 3.63) is 59.1 Å². The Morgan fingerprint density at radius 1 is 1.24 bits per heavy atom. The van der Waals surface area contributed by atoms with Crippen LogP contribution in [0.3, 0.4) is 0 Å². The Morgan fingerprint density at radius 2 is 2.00 bits per heavy atom. The van der Waals surface area contributed by atoms with E-state index in [4.69, 9.17) is 11.6 Å². The summed E-state index contributed by atoms with van der Waals surface area (Å²) in [4.78, 5) is 15.9. The van der Waals surface area contributed by atoms with Gasteiger partial charge in [-0.3, -0.25) is 4.79 Å². The van der Waals surface area contributed by atoms with E-state index in [1.54, 1.807) is 11.8 Å². The van der Waals surface area contributed by atoms with Gasteiger partial charge in [-0.05, 0) is 56.3 Å². The van der Waals surface area contributed by atoms with E-state index in [1.807, 2.05) is 42.5 Å². The summed E-state index contributed by atoms with van der Waals surface area (Å²) in [6, 6.07) is 15.9. The van der Waals surface area contributed by atoms with Crippen LogP contribution in [0.5, 0.6) is 0 Å². The number of hydrogen-bond acceptors (Lipinski definition) is 3. The summed E-state index contributed by atoms with van der Waals surface area (Å²) >= 11 is 7.66. The van der Waals surface area contributed by atoms with Gasteiger partial charge in [-0.15, -0.1) is 11.8 Å². The van der Waals surface area contributed by atoms with Crippen molar-refractivity contribution in [1.82, 2.24) is 4.90 Å². The molecule has 1 fully saturated rings. The number of halogens is 1. The molecule has 0 saturated carbocycles. The van der Waals surface area contributed by atoms with Crippen molar-refractivity contribution in [3.8, 4) is 0 Å². The molecular weight excluding hydrogens is 352 g/mol. The van der Waals surface area contributed by atoms with Crippen LogP contribution >= 0.6 is 23.4 Å². The van der Waals surface area contributed by atoms with E-state index in [0.29, 0.717) is 0 Å². The molecule has 0 spiro atoms. The number of hydrogen-bond donors (Lipinski definition) is 1. The van der Waals surface area contributed by atoms with Gasteiger partial charge in [0.1, 0.15) is 0 Å². The molecular formula is C20H23ClN2OS. The lowest BCUT2D eigenvalue weighted by atomic mass is 9.97. The number of benzene rings is 2. The van der Waals surface area contributed by atoms with E-state index in [1.165, 1.54) is 5.56 Å². The van der Waals surface area contributed by atoms with Crippen molar-refractivity contribution in [2.24, 2.45) is 5.92 Å². The van der Waals surface area contributed by atoms with Gasteiger partial charge in [0.2, 0.25) is 5.91 Å². The van der Waals surface area contributed by atoms with Gasteiger partial charge in [0.05, 0.1) is 11.6 Å². The minimum absolute atomic E-state index is 0.0769. The van der Waals surface area contributed by atoms with Gasteiger partial charge in [-0.25, -0.2) is 0 Å². The molecule has 1 heterocycles. The summed E-state index contributed by atoms with van der Waals surface area (Å²) in [7, 11) is 2.08. The van der Waals surface area contributed by atoms with Crippen molar-refractivity contribution in [3.63, 3.8) is 0 Å². The number of thioether (sulfide) groups is 1. The van der Waals surface area contributed by atoms with Gasteiger partial charge >= 0.3 is 0 Å². The molecule has 1 aliphatic heterocycles. The molecule has 2 aromatic rings. The second-order valence-corrected chi connectivity index (χ2v) is 7.96. The first-order chi connectivity index (χ1) is 12.1. The molecule has 1 N–H and O–H groups in total. The first-order valence-electron chi connectivity index (χ1n) is 8.57. The number of carbonyl (C=O) groups excluding carboxylic acids is 1. The number of carbonyl (C=O) groups is 1. The summed E-state index contributed by atoms with van der Waals surface area (Å²) in [6.45, 7) is 1.92. The van der Waals surface area contributed by atoms with Crippen LogP contribution in [0.25, 0.3) is 0 Å². The predicted molar refractivity (Wildman–Crippen MR) is 106 cm³/mol. The monoisotopic (exact) mass is 374 g/mol. The molecule has 132 valence electrons. The molecule has 3 rings (SSSR count). The van der Waals surface area contributed by atoms with E-state index < -0.39 is 0 Å². The highest BCUT2D eigenvalue weighted by Crippen LogP contribution is 2.31. The molecule has 0 aliphatic carbocycles. The van der Waals surface area contributed by atoms with Crippen molar-refractivity contribution in [2.45, 2.75) is 23.5 Å². The van der Waals surface area contributed by atoms with Crippen LogP contribution in [-0.4, -0.2) is 30.9 Å². The van der Waals surface area contributed by atoms with E-state index in [9.17, 15) is 4.79 Å². The highest BCUT2D eigenvalue weighted by Gasteiger charge is 2.24. The number of anilines is 1. The van der Waals surface area contributed by atoms with Crippen LogP contribution < -0.4 is 5.32 Å². The summed E-state index contributed by atoms with van der Waals surface area (Å²) in [5.74, 6) is 1.05. The predicted octanol–water partition coefficient (Wildman–Crippen LogP) is 4.91. The van der Waals surface area contributed by atoms with Crippen LogP contribution in [0.1, 0.15) is 18.4 Å². The number of amides is 1. The third kappa shape index (κ3) is 5.24. The van der Waals surface area contributed by atoms with Crippen molar-refractivity contribution < 1.29 is 4.79 Å². The lowest BCUT2D eigenvalue weighted by molar-refractivity contribution is -0.121. The maximum atomic E-state index is 12.6. The zero-order chi connectivity index (χ0) is 17.6. The van der Waals surface area contributed by atoms with Crippen molar-refractivity contribution >= 4 is 35.0 Å². The van der Waals surface area contributed by atoms with Gasteiger partial charge in [-0.1, -0.05) is 35.9 Å². The summed E-state index contributed by atoms with van der Waals surface area (Å²) < 4.78 is 0. The number of nitrogens with zero attached hydrogens (tertiary/aromatic N) is 1. The second kappa shape index (κ2) is 8.75. The Morgan fingerprint density at radius 3 is 2.76 bits per heavy atom. The number of likely N-dealkylation sites (tertiary alicyclic amines) is 1. The third-order valence-electron chi connectivity index (χ3n) is 4.45. The molecule has 1 saturated heterocycles. The number of nitrogens with one attached hydrogen (secondary N) is 1. The van der Waals surface area contributed by atoms with Crippen LogP contribution in [0.2, 0.25) is 5.02 Å². The minimum Gasteiger partial charge on any atom is -0.325 e. The number of rotatable bonds is 5. The molecule has 25 heavy (non-hydrogen) atoms. The second-order valence-electron chi connectivity index (χ2n) is 6.50. The maximum absolute atomic E-state index is 12.6. The Labute approximate surface area is 158 Å². The van der Waals surface area contributed by atoms with Gasteiger partial charge < -0.3 is 10.2 Å². The Hall–Kier alpha value is -1.49. The SMILES string of the molecule is CN1CCC[C@@H](C(=O)Nc2ccccc2SCc2ccc(Cl)cc2)C1. The Balaban J connectivity index is 1.64. The van der Waals surface area contributed by atoms with E-state index in [-0.39, 0.29) is 11.8 Å². The lowest BCUT2D eigenvalue weighted by Gasteiger charge is -2.28. The maximum Gasteiger partial charge on any atom is 0.228 e. The number of piperidine rings is 1. The molecule has 3 nitrogen and oxygen atoms in total. The van der Waals surface area contributed by atoms with Gasteiger partial charge in [0, 0.05) is 22.2 Å². The molecule has 5 heteroatoms. The van der Waals surface area contributed by atoms with E-state index in [0.717, 1.165) is 47.3 Å². The standard InChI is InChI=1S/C20H23ClN2OS/c1-23-12-4-5-16(13-23)20(24)22-18-6-2-3-7-19(18)25-14-15-8-10-17(21)11-9-15/h2-3,6-11,16H,4-5,12-14H2,1H3,(H,22,24)/t16-/m1/s1. The lowest BCUT2D eigenvalue weighted by Crippen LogP contribution is -2.38. The fourth-order valence-corrected chi connectivity index (χ4v) is 4.14. The third-order valence-corrected chi connectivity index (χ3v) is 5.84. The molecule has 1 amide bonds. The van der Waals surface area contributed by atoms with Crippen molar-refractivity contribution in [2.75, 3.05) is 25.5 Å². The van der Waals surface area contributed by atoms with E-state index >= 15 is 0 Å². The summed E-state index contributed by atoms with van der Waals surface area (Å²) in [6.07, 6.45) is 2.05. The average Bonchev–Trinajstić information content (AvgIpc) is 2.62. The van der Waals surface area contributed by atoms with E-state index in [2.05, 4.69) is 23.3 Å². The zero-order valence-corrected chi connectivity index (χ0v) is 15.9. The highest BCUT2D eigenvalue weighted by molar-refractivity contribution is 7.98. The fourth-order valence-electron chi connectivity index (χ4n) is 3.05. The Kier molecular flexibility index (Phi) is 6.40. The summed E-state index contributed by atoms with van der Waals surface area (Å²) in [5.41, 5.74) is 2.11. The van der Waals surface area contributed by atoms with Crippen LogP contribution in [0.4, 0.5) is 5.69 Å². The van der Waals surface area contributed by atoms with Gasteiger partial charge in [0.15, 0.2) is 0 Å². The molecule has 0 unspecified atom stereocenters. The van der Waals surface area contributed by atoms with Crippen LogP contribution in [0.15, 0.2) is 53.4 Å². The van der Waals surface area contributed by atoms with Gasteiger partial charge in [0.25, 0.3) is 0 Å². The first-order valence-corrected chi connectivity index (χ1v) is 9.94. The first kappa shape index (κ1) is 18.3. The summed E-state index contributed by atoms with van der Waals surface area (Å²) in [5, 5.41) is 3.89. The van der Waals surface area contributed by atoms with Gasteiger partial charge in [-0.2, -0.15) is 0 Å².